The van der Waals surface area contributed by atoms with Crippen LogP contribution in [0.15, 0.2) is 41.2 Å². The number of nitrogens with zero attached hydrogens (tertiary/aromatic N) is 3. The van der Waals surface area contributed by atoms with Crippen molar-refractivity contribution in [3.63, 3.8) is 0 Å². The summed E-state index contributed by atoms with van der Waals surface area (Å²) in [4.78, 5) is 21.9. The molecule has 2 aliphatic rings. The van der Waals surface area contributed by atoms with Gasteiger partial charge in [0.2, 0.25) is 0 Å². The van der Waals surface area contributed by atoms with Crippen molar-refractivity contribution < 1.29 is 9.32 Å². The SMILES string of the molecule is O=C(Nc1cc(C2CCC2)on1)N1CC=C(c2c[nH]c3ncccc23)CC1. The average Bonchev–Trinajstić information content (AvgIpc) is 3.27. The van der Waals surface area contributed by atoms with Gasteiger partial charge in [0, 0.05) is 48.4 Å². The number of nitrogens with one attached hydrogen (secondary N) is 2. The Bertz CT molecular complexity index is 1010. The lowest BCUT2D eigenvalue weighted by atomic mass is 9.84. The minimum Gasteiger partial charge on any atom is -0.359 e. The van der Waals surface area contributed by atoms with Crippen molar-refractivity contribution in [1.29, 1.82) is 0 Å². The molecule has 0 aromatic carbocycles. The molecule has 7 nitrogen and oxygen atoms in total. The highest BCUT2D eigenvalue weighted by Crippen LogP contribution is 2.37. The number of rotatable bonds is 3. The van der Waals surface area contributed by atoms with E-state index in [9.17, 15) is 4.79 Å². The molecule has 5 rings (SSSR count). The van der Waals surface area contributed by atoms with E-state index in [1.807, 2.05) is 18.3 Å². The van der Waals surface area contributed by atoms with Crippen molar-refractivity contribution in [3.05, 3.63) is 48.0 Å². The van der Waals surface area contributed by atoms with Crippen LogP contribution in [0.2, 0.25) is 0 Å². The summed E-state index contributed by atoms with van der Waals surface area (Å²) in [5.74, 6) is 1.85. The predicted molar refractivity (Wildman–Crippen MR) is 102 cm³/mol. The first-order chi connectivity index (χ1) is 13.3. The summed E-state index contributed by atoms with van der Waals surface area (Å²) in [6.45, 7) is 1.24. The van der Waals surface area contributed by atoms with Crippen molar-refractivity contribution in [3.8, 4) is 0 Å². The van der Waals surface area contributed by atoms with E-state index < -0.39 is 0 Å². The first-order valence-corrected chi connectivity index (χ1v) is 9.42. The molecule has 0 bridgehead atoms. The molecular formula is C20H21N5O2. The molecule has 3 aromatic rings. The normalized spacial score (nSPS) is 17.6. The van der Waals surface area contributed by atoms with Gasteiger partial charge in [-0.2, -0.15) is 0 Å². The second-order valence-corrected chi connectivity index (χ2v) is 7.20. The third-order valence-electron chi connectivity index (χ3n) is 5.56. The smallest absolute Gasteiger partial charge is 0.323 e. The number of urea groups is 1. The largest absolute Gasteiger partial charge is 0.359 e. The summed E-state index contributed by atoms with van der Waals surface area (Å²) in [5, 5.41) is 7.95. The summed E-state index contributed by atoms with van der Waals surface area (Å²) >= 11 is 0. The van der Waals surface area contributed by atoms with E-state index in [0.717, 1.165) is 36.1 Å². The number of hydrogen-bond acceptors (Lipinski definition) is 4. The molecule has 27 heavy (non-hydrogen) atoms. The monoisotopic (exact) mass is 363 g/mol. The Balaban J connectivity index is 1.25. The fraction of sp³-hybridized carbons (Fsp3) is 0.350. The van der Waals surface area contributed by atoms with E-state index in [-0.39, 0.29) is 6.03 Å². The van der Waals surface area contributed by atoms with E-state index in [4.69, 9.17) is 4.52 Å². The second kappa shape index (κ2) is 6.57. The molecule has 1 aliphatic carbocycles. The van der Waals surface area contributed by atoms with Crippen LogP contribution in [0.1, 0.15) is 42.9 Å². The lowest BCUT2D eigenvalue weighted by Crippen LogP contribution is -2.37. The molecule has 0 radical (unpaired) electrons. The number of aromatic nitrogens is 3. The van der Waals surface area contributed by atoms with Gasteiger partial charge < -0.3 is 14.4 Å². The molecule has 0 saturated heterocycles. The summed E-state index contributed by atoms with van der Waals surface area (Å²) in [6.07, 6.45) is 10.2. The van der Waals surface area contributed by atoms with Crippen LogP contribution in [0.3, 0.4) is 0 Å². The summed E-state index contributed by atoms with van der Waals surface area (Å²) < 4.78 is 5.36. The van der Waals surface area contributed by atoms with Gasteiger partial charge in [-0.25, -0.2) is 9.78 Å². The number of amides is 2. The Morgan fingerprint density at radius 2 is 2.30 bits per heavy atom. The van der Waals surface area contributed by atoms with Crippen molar-refractivity contribution in [1.82, 2.24) is 20.0 Å². The predicted octanol–water partition coefficient (Wildman–Crippen LogP) is 4.14. The number of H-pyrrole nitrogens is 1. The van der Waals surface area contributed by atoms with Gasteiger partial charge in [-0.15, -0.1) is 0 Å². The van der Waals surface area contributed by atoms with E-state index in [1.165, 1.54) is 17.6 Å². The van der Waals surface area contributed by atoms with Gasteiger partial charge in [0.05, 0.1) is 0 Å². The van der Waals surface area contributed by atoms with E-state index >= 15 is 0 Å². The standard InChI is InChI=1S/C20H21N5O2/c26-20(23-18-11-17(27-24-18)14-3-1-4-14)25-9-6-13(7-10-25)16-12-22-19-15(16)5-2-8-21-19/h2,5-6,8,11-12,14H,1,3-4,7,9-10H2,(H,21,22)(H,23,24,26). The minimum atomic E-state index is -0.139. The Kier molecular flexibility index (Phi) is 3.92. The molecule has 138 valence electrons. The van der Waals surface area contributed by atoms with Crippen molar-refractivity contribution in [2.75, 3.05) is 18.4 Å². The third-order valence-corrected chi connectivity index (χ3v) is 5.56. The molecular weight excluding hydrogens is 342 g/mol. The summed E-state index contributed by atoms with van der Waals surface area (Å²) in [6, 6.07) is 5.72. The third kappa shape index (κ3) is 2.99. The van der Waals surface area contributed by atoms with Gasteiger partial charge in [0.15, 0.2) is 5.82 Å². The number of fused-ring (bicyclic) bond motifs is 1. The molecule has 0 spiro atoms. The number of aromatic amines is 1. The molecule has 3 aromatic heterocycles. The lowest BCUT2D eigenvalue weighted by molar-refractivity contribution is 0.216. The summed E-state index contributed by atoms with van der Waals surface area (Å²) in [5.41, 5.74) is 3.30. The van der Waals surface area contributed by atoms with Gasteiger partial charge in [-0.05, 0) is 37.0 Å². The average molecular weight is 363 g/mol. The fourth-order valence-electron chi connectivity index (χ4n) is 3.74. The zero-order chi connectivity index (χ0) is 18.2. The molecule has 1 fully saturated rings. The summed E-state index contributed by atoms with van der Waals surface area (Å²) in [7, 11) is 0. The van der Waals surface area contributed by atoms with Gasteiger partial charge in [0.25, 0.3) is 0 Å². The minimum absolute atomic E-state index is 0.139. The van der Waals surface area contributed by atoms with Crippen LogP contribution in [0, 0.1) is 0 Å². The molecule has 2 N–H and O–H groups in total. The van der Waals surface area contributed by atoms with Crippen LogP contribution in [-0.4, -0.2) is 39.1 Å². The molecule has 0 unspecified atom stereocenters. The van der Waals surface area contributed by atoms with Crippen molar-refractivity contribution >= 4 is 28.5 Å². The molecule has 1 saturated carbocycles. The van der Waals surface area contributed by atoms with Crippen molar-refractivity contribution in [2.45, 2.75) is 31.6 Å². The Morgan fingerprint density at radius 3 is 3.07 bits per heavy atom. The number of carbonyl (C=O) groups is 1. The maximum atomic E-state index is 12.5. The van der Waals surface area contributed by atoms with Crippen LogP contribution in [0.4, 0.5) is 10.6 Å². The van der Waals surface area contributed by atoms with E-state index in [0.29, 0.717) is 24.8 Å². The zero-order valence-electron chi connectivity index (χ0n) is 14.9. The lowest BCUT2D eigenvalue weighted by Gasteiger charge is -2.26. The van der Waals surface area contributed by atoms with Gasteiger partial charge in [0.1, 0.15) is 11.4 Å². The highest BCUT2D eigenvalue weighted by atomic mass is 16.5. The maximum Gasteiger partial charge on any atom is 0.323 e. The highest BCUT2D eigenvalue weighted by Gasteiger charge is 2.25. The van der Waals surface area contributed by atoms with Crippen LogP contribution < -0.4 is 5.32 Å². The van der Waals surface area contributed by atoms with Crippen LogP contribution in [-0.2, 0) is 0 Å². The highest BCUT2D eigenvalue weighted by molar-refractivity contribution is 5.92. The van der Waals surface area contributed by atoms with Crippen molar-refractivity contribution in [2.24, 2.45) is 0 Å². The topological polar surface area (TPSA) is 87.0 Å². The van der Waals surface area contributed by atoms with E-state index in [1.54, 1.807) is 11.1 Å². The molecule has 0 atom stereocenters. The number of anilines is 1. The Hall–Kier alpha value is -3.09. The first-order valence-electron chi connectivity index (χ1n) is 9.42. The van der Waals surface area contributed by atoms with Gasteiger partial charge in [-0.3, -0.25) is 5.32 Å². The Labute approximate surface area is 156 Å². The number of hydrogen-bond donors (Lipinski definition) is 2. The van der Waals surface area contributed by atoms with Crippen LogP contribution in [0.5, 0.6) is 0 Å². The van der Waals surface area contributed by atoms with Crippen LogP contribution in [0.25, 0.3) is 16.6 Å². The van der Waals surface area contributed by atoms with E-state index in [2.05, 4.69) is 32.6 Å². The quantitative estimate of drug-likeness (QED) is 0.732. The number of pyridine rings is 1. The zero-order valence-corrected chi connectivity index (χ0v) is 14.9. The molecule has 4 heterocycles. The van der Waals surface area contributed by atoms with Crippen LogP contribution >= 0.6 is 0 Å². The first kappa shape index (κ1) is 16.1. The second-order valence-electron chi connectivity index (χ2n) is 7.20. The Morgan fingerprint density at radius 1 is 1.37 bits per heavy atom. The molecule has 2 amide bonds. The number of carbonyl (C=O) groups excluding carboxylic acids is 1. The molecule has 7 heteroatoms. The van der Waals surface area contributed by atoms with Gasteiger partial charge in [-0.1, -0.05) is 17.7 Å². The van der Waals surface area contributed by atoms with Gasteiger partial charge >= 0.3 is 6.03 Å². The molecule has 1 aliphatic heterocycles. The fourth-order valence-corrected chi connectivity index (χ4v) is 3.74. The maximum absolute atomic E-state index is 12.5.